The fourth-order valence-electron chi connectivity index (χ4n) is 1.72. The number of anilines is 1. The Hall–Kier alpha value is -1.40. The molecule has 5 nitrogen and oxygen atoms in total. The molecule has 3 N–H and O–H groups in total. The molecule has 1 aromatic carbocycles. The second kappa shape index (κ2) is 4.85. The number of benzene rings is 1. The molecule has 90 valence electrons. The molecule has 1 saturated heterocycles. The summed E-state index contributed by atoms with van der Waals surface area (Å²) in [4.78, 5) is 24.2. The van der Waals surface area contributed by atoms with Gasteiger partial charge in [0.15, 0.2) is 0 Å². The van der Waals surface area contributed by atoms with Gasteiger partial charge < -0.3 is 10.6 Å². The molecule has 0 saturated carbocycles. The standard InChI is InChI=1S/C11H12BrN3O2/c12-9-3-8(2-1-7(9)4-13)15-5-10(16)14-11(17)6-15/h1-3H,4-6,13H2,(H,14,16,17). The topological polar surface area (TPSA) is 75.4 Å². The van der Waals surface area contributed by atoms with Crippen LogP contribution in [0.1, 0.15) is 5.56 Å². The van der Waals surface area contributed by atoms with Crippen LogP contribution in [0.3, 0.4) is 0 Å². The van der Waals surface area contributed by atoms with Crippen LogP contribution in [0.25, 0.3) is 0 Å². The number of rotatable bonds is 2. The lowest BCUT2D eigenvalue weighted by Gasteiger charge is -2.27. The molecule has 0 spiro atoms. The van der Waals surface area contributed by atoms with Crippen molar-refractivity contribution < 1.29 is 9.59 Å². The van der Waals surface area contributed by atoms with Gasteiger partial charge in [-0.05, 0) is 17.7 Å². The van der Waals surface area contributed by atoms with E-state index in [-0.39, 0.29) is 24.9 Å². The van der Waals surface area contributed by atoms with Crippen LogP contribution in [-0.2, 0) is 16.1 Å². The van der Waals surface area contributed by atoms with Crippen molar-refractivity contribution in [3.63, 3.8) is 0 Å². The molecule has 0 bridgehead atoms. The second-order valence-electron chi connectivity index (χ2n) is 3.81. The number of nitrogens with one attached hydrogen (secondary N) is 1. The Kier molecular flexibility index (Phi) is 3.44. The van der Waals surface area contributed by atoms with Crippen LogP contribution in [0, 0.1) is 0 Å². The molecule has 0 aromatic heterocycles. The van der Waals surface area contributed by atoms with Gasteiger partial charge in [-0.15, -0.1) is 0 Å². The molecule has 0 atom stereocenters. The minimum atomic E-state index is -0.278. The third-order valence-corrected chi connectivity index (χ3v) is 3.31. The van der Waals surface area contributed by atoms with Crippen molar-refractivity contribution in [2.75, 3.05) is 18.0 Å². The monoisotopic (exact) mass is 297 g/mol. The zero-order valence-corrected chi connectivity index (χ0v) is 10.7. The third kappa shape index (κ3) is 2.65. The van der Waals surface area contributed by atoms with E-state index < -0.39 is 0 Å². The quantitative estimate of drug-likeness (QED) is 0.774. The molecular weight excluding hydrogens is 286 g/mol. The van der Waals surface area contributed by atoms with Gasteiger partial charge in [0.1, 0.15) is 0 Å². The van der Waals surface area contributed by atoms with Gasteiger partial charge in [0, 0.05) is 16.7 Å². The van der Waals surface area contributed by atoms with E-state index >= 15 is 0 Å². The second-order valence-corrected chi connectivity index (χ2v) is 4.66. The Labute approximate surface area is 107 Å². The molecule has 2 rings (SSSR count). The van der Waals surface area contributed by atoms with Crippen LogP contribution in [0.15, 0.2) is 22.7 Å². The number of carbonyl (C=O) groups excluding carboxylic acids is 2. The summed E-state index contributed by atoms with van der Waals surface area (Å²) in [7, 11) is 0. The van der Waals surface area contributed by atoms with Crippen LogP contribution in [-0.4, -0.2) is 24.9 Å². The van der Waals surface area contributed by atoms with Gasteiger partial charge in [0.05, 0.1) is 13.1 Å². The zero-order chi connectivity index (χ0) is 12.4. The Morgan fingerprint density at radius 2 is 1.94 bits per heavy atom. The Bertz CT molecular complexity index is 460. The maximum atomic E-state index is 11.3. The van der Waals surface area contributed by atoms with Crippen LogP contribution < -0.4 is 16.0 Å². The molecule has 1 aromatic rings. The number of piperazine rings is 1. The van der Waals surface area contributed by atoms with Gasteiger partial charge in [-0.2, -0.15) is 0 Å². The first-order valence-electron chi connectivity index (χ1n) is 5.16. The Morgan fingerprint density at radius 3 is 2.47 bits per heavy atom. The minimum Gasteiger partial charge on any atom is -0.353 e. The number of nitrogens with two attached hydrogens (primary N) is 1. The van der Waals surface area contributed by atoms with Crippen LogP contribution in [0.4, 0.5) is 5.69 Å². The zero-order valence-electron chi connectivity index (χ0n) is 9.07. The number of halogens is 1. The molecule has 1 fully saturated rings. The highest BCUT2D eigenvalue weighted by molar-refractivity contribution is 9.10. The van der Waals surface area contributed by atoms with E-state index in [4.69, 9.17) is 5.73 Å². The van der Waals surface area contributed by atoms with E-state index in [2.05, 4.69) is 21.2 Å². The lowest BCUT2D eigenvalue weighted by Crippen LogP contribution is -2.51. The number of amides is 2. The van der Waals surface area contributed by atoms with Crippen LogP contribution in [0.2, 0.25) is 0 Å². The van der Waals surface area contributed by atoms with E-state index in [0.717, 1.165) is 15.7 Å². The van der Waals surface area contributed by atoms with E-state index in [1.807, 2.05) is 18.2 Å². The highest BCUT2D eigenvalue weighted by Crippen LogP contribution is 2.24. The van der Waals surface area contributed by atoms with Gasteiger partial charge in [0.25, 0.3) is 0 Å². The maximum absolute atomic E-state index is 11.3. The summed E-state index contributed by atoms with van der Waals surface area (Å²) in [5, 5.41) is 2.26. The van der Waals surface area contributed by atoms with Crippen LogP contribution in [0.5, 0.6) is 0 Å². The van der Waals surface area contributed by atoms with Crippen molar-refractivity contribution in [2.45, 2.75) is 6.54 Å². The summed E-state index contributed by atoms with van der Waals surface area (Å²) in [6, 6.07) is 5.61. The van der Waals surface area contributed by atoms with Crippen molar-refractivity contribution in [2.24, 2.45) is 5.73 Å². The highest BCUT2D eigenvalue weighted by atomic mass is 79.9. The molecule has 0 radical (unpaired) electrons. The third-order valence-electron chi connectivity index (χ3n) is 2.57. The van der Waals surface area contributed by atoms with Gasteiger partial charge in [-0.3, -0.25) is 14.9 Å². The molecule has 6 heteroatoms. The minimum absolute atomic E-state index is 0.195. The summed E-state index contributed by atoms with van der Waals surface area (Å²) in [5.41, 5.74) is 7.38. The maximum Gasteiger partial charge on any atom is 0.246 e. The predicted octanol–water partition coefficient (Wildman–Crippen LogP) is 0.371. The fourth-order valence-corrected chi connectivity index (χ4v) is 2.25. The summed E-state index contributed by atoms with van der Waals surface area (Å²) >= 11 is 3.41. The summed E-state index contributed by atoms with van der Waals surface area (Å²) < 4.78 is 0.885. The summed E-state index contributed by atoms with van der Waals surface area (Å²) in [5.74, 6) is -0.555. The van der Waals surface area contributed by atoms with E-state index in [0.29, 0.717) is 6.54 Å². The molecule has 1 aliphatic rings. The normalized spacial score (nSPS) is 16.0. The van der Waals surface area contributed by atoms with Crippen molar-refractivity contribution in [3.8, 4) is 0 Å². The smallest absolute Gasteiger partial charge is 0.246 e. The Balaban J connectivity index is 2.25. The first-order chi connectivity index (χ1) is 8.10. The van der Waals surface area contributed by atoms with E-state index in [1.165, 1.54) is 0 Å². The lowest BCUT2D eigenvalue weighted by molar-refractivity contribution is -0.130. The average molecular weight is 298 g/mol. The number of hydrogen-bond donors (Lipinski definition) is 2. The van der Waals surface area contributed by atoms with Gasteiger partial charge in [-0.25, -0.2) is 0 Å². The average Bonchev–Trinajstić information content (AvgIpc) is 2.27. The summed E-state index contributed by atoms with van der Waals surface area (Å²) in [6.07, 6.45) is 0. The first-order valence-corrected chi connectivity index (χ1v) is 5.95. The highest BCUT2D eigenvalue weighted by Gasteiger charge is 2.22. The molecular formula is C11H12BrN3O2. The number of imide groups is 1. The first kappa shape index (κ1) is 12.1. The molecule has 0 aliphatic carbocycles. The fraction of sp³-hybridized carbons (Fsp3) is 0.273. The lowest BCUT2D eigenvalue weighted by atomic mass is 10.2. The van der Waals surface area contributed by atoms with Gasteiger partial charge in [0.2, 0.25) is 11.8 Å². The molecule has 17 heavy (non-hydrogen) atoms. The van der Waals surface area contributed by atoms with E-state index in [9.17, 15) is 9.59 Å². The Morgan fingerprint density at radius 1 is 1.29 bits per heavy atom. The van der Waals surface area contributed by atoms with Crippen molar-refractivity contribution in [3.05, 3.63) is 28.2 Å². The predicted molar refractivity (Wildman–Crippen MR) is 67.4 cm³/mol. The number of carbonyl (C=O) groups is 2. The molecule has 2 amide bonds. The molecule has 1 aliphatic heterocycles. The SMILES string of the molecule is NCc1ccc(N2CC(=O)NC(=O)C2)cc1Br. The van der Waals surface area contributed by atoms with Crippen molar-refractivity contribution >= 4 is 33.4 Å². The van der Waals surface area contributed by atoms with Gasteiger partial charge in [-0.1, -0.05) is 22.0 Å². The molecule has 0 unspecified atom stereocenters. The van der Waals surface area contributed by atoms with Gasteiger partial charge >= 0.3 is 0 Å². The van der Waals surface area contributed by atoms with Crippen molar-refractivity contribution in [1.29, 1.82) is 0 Å². The number of nitrogens with zero attached hydrogens (tertiary/aromatic N) is 1. The molecule has 1 heterocycles. The van der Waals surface area contributed by atoms with Crippen molar-refractivity contribution in [1.82, 2.24) is 5.32 Å². The van der Waals surface area contributed by atoms with Crippen LogP contribution >= 0.6 is 15.9 Å². The largest absolute Gasteiger partial charge is 0.353 e. The summed E-state index contributed by atoms with van der Waals surface area (Å²) in [6.45, 7) is 0.834. The van der Waals surface area contributed by atoms with E-state index in [1.54, 1.807) is 4.90 Å². The number of hydrogen-bond acceptors (Lipinski definition) is 4.